The highest BCUT2D eigenvalue weighted by atomic mass is 19.4. The van der Waals surface area contributed by atoms with Crippen LogP contribution >= 0.6 is 0 Å². The van der Waals surface area contributed by atoms with Gasteiger partial charge < -0.3 is 19.0 Å². The molecule has 1 aromatic carbocycles. The highest BCUT2D eigenvalue weighted by molar-refractivity contribution is 5.80. The summed E-state index contributed by atoms with van der Waals surface area (Å²) < 4.78 is 62.0. The van der Waals surface area contributed by atoms with Crippen molar-refractivity contribution in [2.45, 2.75) is 56.6 Å². The quantitative estimate of drug-likeness (QED) is 0.581. The summed E-state index contributed by atoms with van der Waals surface area (Å²) in [5.74, 6) is 0.245. The molecule has 2 aromatic rings. The molecule has 1 saturated heterocycles. The third kappa shape index (κ3) is 5.87. The van der Waals surface area contributed by atoms with Crippen molar-refractivity contribution >= 4 is 5.96 Å². The van der Waals surface area contributed by atoms with E-state index in [1.165, 1.54) is 18.2 Å². The van der Waals surface area contributed by atoms with Gasteiger partial charge in [0.15, 0.2) is 29.8 Å². The van der Waals surface area contributed by atoms with Gasteiger partial charge in [0, 0.05) is 38.4 Å². The number of aromatic nitrogens is 1. The zero-order chi connectivity index (χ0) is 24.6. The Balaban J connectivity index is 1.34. The second kappa shape index (κ2) is 9.30. The molecule has 1 N–H and O–H groups in total. The Morgan fingerprint density at radius 1 is 1.23 bits per heavy atom. The number of halogens is 4. The van der Waals surface area contributed by atoms with Gasteiger partial charge in [-0.05, 0) is 37.6 Å². The number of ether oxygens (including phenoxy) is 1. The third-order valence-electron chi connectivity index (χ3n) is 6.32. The molecule has 1 spiro atoms. The Bertz CT molecular complexity index is 1080. The number of likely N-dealkylation sites (tertiary alicyclic amines) is 1. The second-order valence-corrected chi connectivity index (χ2v) is 9.37. The predicted octanol–water partition coefficient (Wildman–Crippen LogP) is 3.95. The highest BCUT2D eigenvalue weighted by Gasteiger charge is 2.41. The predicted molar refractivity (Wildman–Crippen MR) is 117 cm³/mol. The Hall–Kier alpha value is -2.86. The SMILES string of the molecule is CN1CCC2(CC1)N=C(N(Cc1ccc(OCC(F)(F)F)c(F)c1)Cc1coc(C3CC3)n1)NO2. The normalized spacial score (nSPS) is 20.1. The lowest BCUT2D eigenvalue weighted by Crippen LogP contribution is -2.43. The average molecular weight is 497 g/mol. The van der Waals surface area contributed by atoms with E-state index in [9.17, 15) is 17.6 Å². The molecule has 12 heteroatoms. The molecule has 2 fully saturated rings. The largest absolute Gasteiger partial charge is 0.481 e. The smallest absolute Gasteiger partial charge is 0.422 e. The van der Waals surface area contributed by atoms with Gasteiger partial charge in [-0.3, -0.25) is 0 Å². The van der Waals surface area contributed by atoms with E-state index in [1.807, 2.05) is 11.9 Å². The minimum atomic E-state index is -4.55. The van der Waals surface area contributed by atoms with E-state index in [0.717, 1.165) is 38.8 Å². The van der Waals surface area contributed by atoms with Crippen LogP contribution in [-0.4, -0.2) is 59.4 Å². The number of piperidine rings is 1. The van der Waals surface area contributed by atoms with E-state index in [0.29, 0.717) is 35.6 Å². The first-order valence-electron chi connectivity index (χ1n) is 11.6. The standard InChI is InChI=1S/C23H27F4N5O3/c1-31-8-6-22(7-9-31)29-21(30-35-22)32(12-17-13-33-20(28-17)16-3-4-16)11-15-2-5-19(18(24)10-15)34-14-23(25,26)27/h2,5,10,13,16H,3-4,6-9,11-12,14H2,1H3,(H,29,30). The summed E-state index contributed by atoms with van der Waals surface area (Å²) in [6, 6.07) is 3.90. The van der Waals surface area contributed by atoms with Gasteiger partial charge in [0.1, 0.15) is 6.26 Å². The first kappa shape index (κ1) is 23.9. The van der Waals surface area contributed by atoms with E-state index in [2.05, 4.69) is 20.1 Å². The number of oxazole rings is 1. The van der Waals surface area contributed by atoms with E-state index < -0.39 is 30.1 Å². The summed E-state index contributed by atoms with van der Waals surface area (Å²) in [6.45, 7) is 0.678. The molecule has 3 aliphatic rings. The second-order valence-electron chi connectivity index (χ2n) is 9.37. The fraction of sp³-hybridized carbons (Fsp3) is 0.565. The van der Waals surface area contributed by atoms with Crippen molar-refractivity contribution in [3.05, 3.63) is 47.4 Å². The van der Waals surface area contributed by atoms with Crippen LogP contribution in [0, 0.1) is 5.82 Å². The maximum atomic E-state index is 14.5. The number of guanidine groups is 1. The van der Waals surface area contributed by atoms with E-state index in [1.54, 1.807) is 6.26 Å². The van der Waals surface area contributed by atoms with Gasteiger partial charge in [-0.15, -0.1) is 0 Å². The van der Waals surface area contributed by atoms with Crippen LogP contribution in [0.25, 0.3) is 0 Å². The zero-order valence-corrected chi connectivity index (χ0v) is 19.3. The van der Waals surface area contributed by atoms with Crippen molar-refractivity contribution < 1.29 is 31.6 Å². The van der Waals surface area contributed by atoms with Crippen LogP contribution < -0.4 is 10.2 Å². The Morgan fingerprint density at radius 2 is 2.00 bits per heavy atom. The van der Waals surface area contributed by atoms with E-state index in [4.69, 9.17) is 14.2 Å². The molecule has 190 valence electrons. The van der Waals surface area contributed by atoms with Gasteiger partial charge in [-0.2, -0.15) is 13.2 Å². The molecule has 0 amide bonds. The van der Waals surface area contributed by atoms with Gasteiger partial charge in [0.05, 0.1) is 12.2 Å². The van der Waals surface area contributed by atoms with Gasteiger partial charge in [0.25, 0.3) is 0 Å². The van der Waals surface area contributed by atoms with Crippen LogP contribution in [0.5, 0.6) is 5.75 Å². The molecule has 0 atom stereocenters. The van der Waals surface area contributed by atoms with Crippen LogP contribution in [0.2, 0.25) is 0 Å². The van der Waals surface area contributed by atoms with Crippen molar-refractivity contribution in [2.24, 2.45) is 4.99 Å². The third-order valence-corrected chi connectivity index (χ3v) is 6.32. The summed E-state index contributed by atoms with van der Waals surface area (Å²) in [4.78, 5) is 19.4. The van der Waals surface area contributed by atoms with Gasteiger partial charge in [-0.25, -0.2) is 24.7 Å². The molecule has 35 heavy (non-hydrogen) atoms. The Labute approximate surface area is 199 Å². The van der Waals surface area contributed by atoms with E-state index in [-0.39, 0.29) is 6.54 Å². The van der Waals surface area contributed by atoms with Gasteiger partial charge in [0.2, 0.25) is 5.96 Å². The van der Waals surface area contributed by atoms with E-state index >= 15 is 0 Å². The molecule has 2 aliphatic heterocycles. The average Bonchev–Trinajstić information content (AvgIpc) is 3.41. The number of rotatable bonds is 7. The number of hydrogen-bond donors (Lipinski definition) is 1. The molecule has 0 unspecified atom stereocenters. The van der Waals surface area contributed by atoms with Crippen LogP contribution in [0.15, 0.2) is 33.9 Å². The minimum absolute atomic E-state index is 0.216. The van der Waals surface area contributed by atoms with Crippen molar-refractivity contribution in [3.8, 4) is 5.75 Å². The molecular weight excluding hydrogens is 470 g/mol. The van der Waals surface area contributed by atoms with Gasteiger partial charge in [-0.1, -0.05) is 6.07 Å². The molecular formula is C23H27F4N5O3. The van der Waals surface area contributed by atoms with Crippen molar-refractivity contribution in [1.82, 2.24) is 20.3 Å². The number of hydroxylamine groups is 1. The Morgan fingerprint density at radius 3 is 2.69 bits per heavy atom. The first-order valence-corrected chi connectivity index (χ1v) is 11.6. The highest BCUT2D eigenvalue weighted by Crippen LogP contribution is 2.39. The summed E-state index contributed by atoms with van der Waals surface area (Å²) in [6.07, 6.45) is 0.633. The molecule has 1 saturated carbocycles. The zero-order valence-electron chi connectivity index (χ0n) is 19.3. The molecule has 8 nitrogen and oxygen atoms in total. The van der Waals surface area contributed by atoms with Crippen LogP contribution in [0.4, 0.5) is 17.6 Å². The number of nitrogens with one attached hydrogen (secondary N) is 1. The van der Waals surface area contributed by atoms with Crippen molar-refractivity contribution in [3.63, 3.8) is 0 Å². The lowest BCUT2D eigenvalue weighted by atomic mass is 10.0. The number of nitrogens with zero attached hydrogens (tertiary/aromatic N) is 4. The summed E-state index contributed by atoms with van der Waals surface area (Å²) in [5, 5.41) is 0. The summed E-state index contributed by atoms with van der Waals surface area (Å²) in [5.41, 5.74) is 3.50. The number of aliphatic imine (C=N–C) groups is 1. The lowest BCUT2D eigenvalue weighted by molar-refractivity contribution is -0.153. The van der Waals surface area contributed by atoms with Crippen LogP contribution in [0.1, 0.15) is 48.7 Å². The van der Waals surface area contributed by atoms with Crippen molar-refractivity contribution in [1.29, 1.82) is 0 Å². The van der Waals surface area contributed by atoms with Crippen LogP contribution in [0.3, 0.4) is 0 Å². The fourth-order valence-electron chi connectivity index (χ4n) is 4.15. The van der Waals surface area contributed by atoms with Crippen LogP contribution in [-0.2, 0) is 17.9 Å². The maximum absolute atomic E-state index is 14.5. The Kier molecular flexibility index (Phi) is 6.34. The lowest BCUT2D eigenvalue weighted by Gasteiger charge is -2.33. The molecule has 1 aromatic heterocycles. The maximum Gasteiger partial charge on any atom is 0.422 e. The first-order chi connectivity index (χ1) is 16.7. The molecule has 0 radical (unpaired) electrons. The van der Waals surface area contributed by atoms with Gasteiger partial charge >= 0.3 is 6.18 Å². The number of hydrogen-bond acceptors (Lipinski definition) is 8. The van der Waals surface area contributed by atoms with Crippen molar-refractivity contribution in [2.75, 3.05) is 26.7 Å². The summed E-state index contributed by atoms with van der Waals surface area (Å²) >= 11 is 0. The molecule has 5 rings (SSSR count). The molecule has 3 heterocycles. The summed E-state index contributed by atoms with van der Waals surface area (Å²) in [7, 11) is 2.05. The topological polar surface area (TPSA) is 75.4 Å². The monoisotopic (exact) mass is 497 g/mol. The number of benzene rings is 1. The molecule has 1 aliphatic carbocycles. The fourth-order valence-corrected chi connectivity index (χ4v) is 4.15. The number of alkyl halides is 3. The minimum Gasteiger partial charge on any atom is -0.481 e. The molecule has 0 bridgehead atoms.